The third kappa shape index (κ3) is 4.06. The Balaban J connectivity index is 1.78. The van der Waals surface area contributed by atoms with Gasteiger partial charge in [0.25, 0.3) is 0 Å². The Kier molecular flexibility index (Phi) is 4.98. The van der Waals surface area contributed by atoms with E-state index in [2.05, 4.69) is 11.2 Å². The Labute approximate surface area is 153 Å². The molecule has 0 saturated heterocycles. The fourth-order valence-electron chi connectivity index (χ4n) is 2.57. The number of hydrogen-bond acceptors (Lipinski definition) is 4. The Morgan fingerprint density at radius 3 is 1.96 bits per heavy atom. The van der Waals surface area contributed by atoms with Crippen LogP contribution in [0.1, 0.15) is 25.1 Å². The number of nitrogens with zero attached hydrogens (tertiary/aromatic N) is 2. The summed E-state index contributed by atoms with van der Waals surface area (Å²) in [6.45, 7) is 6.06. The second-order valence-electron chi connectivity index (χ2n) is 6.32. The van der Waals surface area contributed by atoms with E-state index in [-0.39, 0.29) is 5.75 Å². The van der Waals surface area contributed by atoms with E-state index in [0.717, 1.165) is 11.3 Å². The maximum absolute atomic E-state index is 9.32. The predicted octanol–water partition coefficient (Wildman–Crippen LogP) is 5.44. The molecule has 0 amide bonds. The van der Waals surface area contributed by atoms with E-state index in [9.17, 15) is 5.11 Å². The van der Waals surface area contributed by atoms with Crippen LogP contribution in [0, 0.1) is 6.92 Å². The van der Waals surface area contributed by atoms with Crippen LogP contribution in [0.5, 0.6) is 28.9 Å². The van der Waals surface area contributed by atoms with Gasteiger partial charge in [-0.15, -0.1) is 0 Å². The zero-order valence-corrected chi connectivity index (χ0v) is 15.4. The first-order valence-corrected chi connectivity index (χ1v) is 8.35. The van der Waals surface area contributed by atoms with Crippen molar-refractivity contribution in [2.45, 2.75) is 20.8 Å². The minimum atomic E-state index is 0.208. The molecule has 5 nitrogen and oxygen atoms in total. The van der Waals surface area contributed by atoms with Gasteiger partial charge >= 0.3 is 0 Å². The van der Waals surface area contributed by atoms with Gasteiger partial charge in [0.1, 0.15) is 23.0 Å². The van der Waals surface area contributed by atoms with Crippen molar-refractivity contribution in [2.75, 3.05) is 0 Å². The van der Waals surface area contributed by atoms with Crippen molar-refractivity contribution in [2.24, 2.45) is 7.05 Å². The molecule has 0 aliphatic heterocycles. The number of rotatable bonds is 5. The van der Waals surface area contributed by atoms with Crippen molar-refractivity contribution in [3.8, 4) is 28.9 Å². The summed E-state index contributed by atoms with van der Waals surface area (Å²) in [7, 11) is 1.87. The minimum absolute atomic E-state index is 0.208. The summed E-state index contributed by atoms with van der Waals surface area (Å²) in [4.78, 5) is 0. The number of aryl methyl sites for hydroxylation is 2. The Bertz CT molecular complexity index is 919. The number of ether oxygens (including phenoxy) is 2. The van der Waals surface area contributed by atoms with Crippen molar-refractivity contribution in [3.05, 3.63) is 65.4 Å². The Morgan fingerprint density at radius 1 is 0.923 bits per heavy atom. The molecule has 0 unspecified atom stereocenters. The van der Waals surface area contributed by atoms with Gasteiger partial charge in [-0.1, -0.05) is 5.57 Å². The van der Waals surface area contributed by atoms with E-state index >= 15 is 0 Å². The number of aromatic hydroxyl groups is 1. The molecule has 1 aromatic heterocycles. The maximum Gasteiger partial charge on any atom is 0.225 e. The molecule has 0 aliphatic carbocycles. The average Bonchev–Trinajstić information content (AvgIpc) is 2.85. The van der Waals surface area contributed by atoms with Crippen molar-refractivity contribution in [1.29, 1.82) is 0 Å². The molecule has 0 saturated carbocycles. The molecule has 134 valence electrons. The monoisotopic (exact) mass is 350 g/mol. The summed E-state index contributed by atoms with van der Waals surface area (Å²) in [5.41, 5.74) is 3.09. The second kappa shape index (κ2) is 7.35. The number of aromatic nitrogens is 2. The van der Waals surface area contributed by atoms with Gasteiger partial charge in [0, 0.05) is 7.05 Å². The molecule has 0 atom stereocenters. The first-order chi connectivity index (χ1) is 12.4. The third-order valence-electron chi connectivity index (χ3n) is 3.76. The number of benzene rings is 2. The minimum Gasteiger partial charge on any atom is -0.508 e. The molecule has 3 aromatic rings. The molecule has 5 heteroatoms. The van der Waals surface area contributed by atoms with Crippen molar-refractivity contribution in [3.63, 3.8) is 0 Å². The predicted molar refractivity (Wildman–Crippen MR) is 102 cm³/mol. The van der Waals surface area contributed by atoms with Crippen LogP contribution in [0.25, 0.3) is 6.08 Å². The number of phenolic OH excluding ortho intramolecular Hbond substituents is 1. The third-order valence-corrected chi connectivity index (χ3v) is 3.76. The van der Waals surface area contributed by atoms with Crippen LogP contribution in [0.2, 0.25) is 0 Å². The summed E-state index contributed by atoms with van der Waals surface area (Å²) in [6, 6.07) is 14.0. The topological polar surface area (TPSA) is 56.5 Å². The highest BCUT2D eigenvalue weighted by Gasteiger charge is 2.13. The van der Waals surface area contributed by atoms with E-state index in [4.69, 9.17) is 9.47 Å². The lowest BCUT2D eigenvalue weighted by Crippen LogP contribution is -1.96. The van der Waals surface area contributed by atoms with E-state index < -0.39 is 0 Å². The van der Waals surface area contributed by atoms with E-state index in [1.807, 2.05) is 52.1 Å². The Morgan fingerprint density at radius 2 is 1.42 bits per heavy atom. The van der Waals surface area contributed by atoms with E-state index in [0.29, 0.717) is 23.1 Å². The molecule has 1 N–H and O–H groups in total. The fraction of sp³-hybridized carbons (Fsp3) is 0.190. The van der Waals surface area contributed by atoms with Crippen LogP contribution in [0.15, 0.2) is 54.1 Å². The second-order valence-corrected chi connectivity index (χ2v) is 6.32. The zero-order valence-electron chi connectivity index (χ0n) is 15.4. The first-order valence-electron chi connectivity index (χ1n) is 8.35. The number of allylic oxidation sites excluding steroid dienone is 1. The molecule has 3 rings (SSSR count). The molecule has 0 aliphatic rings. The SMILES string of the molecule is CC(C)=Cc1c(C)nn(C)c1Oc1ccc(Oc2ccc(O)cc2)cc1. The molecule has 26 heavy (non-hydrogen) atoms. The van der Waals surface area contributed by atoms with Crippen molar-refractivity contribution < 1.29 is 14.6 Å². The molecule has 0 spiro atoms. The average molecular weight is 350 g/mol. The van der Waals surface area contributed by atoms with Gasteiger partial charge in [-0.2, -0.15) is 5.10 Å². The smallest absolute Gasteiger partial charge is 0.225 e. The van der Waals surface area contributed by atoms with Gasteiger partial charge in [-0.05, 0) is 75.4 Å². The molecule has 2 aromatic carbocycles. The summed E-state index contributed by atoms with van der Waals surface area (Å²) < 4.78 is 13.5. The van der Waals surface area contributed by atoms with E-state index in [1.54, 1.807) is 28.9 Å². The number of hydrogen-bond donors (Lipinski definition) is 1. The maximum atomic E-state index is 9.32. The highest BCUT2D eigenvalue weighted by molar-refractivity contribution is 5.60. The lowest BCUT2D eigenvalue weighted by Gasteiger charge is -2.09. The fourth-order valence-corrected chi connectivity index (χ4v) is 2.57. The molecule has 0 bridgehead atoms. The summed E-state index contributed by atoms with van der Waals surface area (Å²) in [6.07, 6.45) is 2.07. The normalized spacial score (nSPS) is 10.5. The van der Waals surface area contributed by atoms with Gasteiger partial charge in [-0.3, -0.25) is 0 Å². The van der Waals surface area contributed by atoms with Gasteiger partial charge < -0.3 is 14.6 Å². The van der Waals surface area contributed by atoms with Crippen molar-refractivity contribution in [1.82, 2.24) is 9.78 Å². The zero-order chi connectivity index (χ0) is 18.7. The quantitative estimate of drug-likeness (QED) is 0.665. The highest BCUT2D eigenvalue weighted by Crippen LogP contribution is 2.31. The lowest BCUT2D eigenvalue weighted by molar-refractivity contribution is 0.427. The van der Waals surface area contributed by atoms with Crippen LogP contribution < -0.4 is 9.47 Å². The lowest BCUT2D eigenvalue weighted by atomic mass is 10.2. The van der Waals surface area contributed by atoms with Crippen LogP contribution in [0.3, 0.4) is 0 Å². The first kappa shape index (κ1) is 17.6. The van der Waals surface area contributed by atoms with Crippen molar-refractivity contribution >= 4 is 6.08 Å². The van der Waals surface area contributed by atoms with Gasteiger partial charge in [0.15, 0.2) is 0 Å². The van der Waals surface area contributed by atoms with Gasteiger partial charge in [0.2, 0.25) is 5.88 Å². The summed E-state index contributed by atoms with van der Waals surface area (Å²) >= 11 is 0. The molecular formula is C21H22N2O3. The van der Waals surface area contributed by atoms with Crippen LogP contribution in [0.4, 0.5) is 0 Å². The number of phenols is 1. The summed E-state index contributed by atoms with van der Waals surface area (Å²) in [5.74, 6) is 2.96. The van der Waals surface area contributed by atoms with Crippen LogP contribution in [-0.4, -0.2) is 14.9 Å². The van der Waals surface area contributed by atoms with E-state index in [1.165, 1.54) is 5.57 Å². The molecule has 0 radical (unpaired) electrons. The molecule has 0 fully saturated rings. The van der Waals surface area contributed by atoms with Crippen LogP contribution in [-0.2, 0) is 7.05 Å². The van der Waals surface area contributed by atoms with Gasteiger partial charge in [0.05, 0.1) is 11.3 Å². The molecule has 1 heterocycles. The standard InChI is InChI=1S/C21H22N2O3/c1-14(2)13-20-15(3)22-23(4)21(20)26-19-11-9-18(10-12-19)25-17-7-5-16(24)6-8-17/h5-13,24H,1-4H3. The molecular weight excluding hydrogens is 328 g/mol. The summed E-state index contributed by atoms with van der Waals surface area (Å²) in [5, 5.41) is 13.8. The van der Waals surface area contributed by atoms with Crippen LogP contribution >= 0.6 is 0 Å². The largest absolute Gasteiger partial charge is 0.508 e. The van der Waals surface area contributed by atoms with Gasteiger partial charge in [-0.25, -0.2) is 4.68 Å². The Hall–Kier alpha value is -3.21. The highest BCUT2D eigenvalue weighted by atomic mass is 16.5.